The van der Waals surface area contributed by atoms with E-state index in [4.69, 9.17) is 0 Å². The second-order valence-corrected chi connectivity index (χ2v) is 4.89. The van der Waals surface area contributed by atoms with Crippen LogP contribution in [-0.2, 0) is 4.79 Å². The standard InChI is InChI=1S/C12H22O/c1-4-6-11-10(2)7-5-8-12(11,3)9-13/h9-11H,4-8H2,1-3H3. The lowest BCUT2D eigenvalue weighted by atomic mass is 9.62. The van der Waals surface area contributed by atoms with E-state index >= 15 is 0 Å². The summed E-state index contributed by atoms with van der Waals surface area (Å²) in [5.74, 6) is 1.37. The van der Waals surface area contributed by atoms with E-state index in [0.29, 0.717) is 5.92 Å². The Morgan fingerprint density at radius 2 is 2.23 bits per heavy atom. The van der Waals surface area contributed by atoms with Crippen LogP contribution in [0.25, 0.3) is 0 Å². The maximum absolute atomic E-state index is 11.1. The molecule has 0 heterocycles. The molecule has 3 unspecified atom stereocenters. The molecule has 0 aliphatic heterocycles. The van der Waals surface area contributed by atoms with Crippen molar-refractivity contribution in [1.82, 2.24) is 0 Å². The predicted octanol–water partition coefficient (Wildman–Crippen LogP) is 3.43. The average Bonchev–Trinajstić information content (AvgIpc) is 2.12. The average molecular weight is 182 g/mol. The van der Waals surface area contributed by atoms with Crippen LogP contribution in [0.3, 0.4) is 0 Å². The lowest BCUT2D eigenvalue weighted by molar-refractivity contribution is -0.121. The Balaban J connectivity index is 2.73. The van der Waals surface area contributed by atoms with Gasteiger partial charge in [0.1, 0.15) is 6.29 Å². The maximum Gasteiger partial charge on any atom is 0.126 e. The van der Waals surface area contributed by atoms with E-state index in [9.17, 15) is 4.79 Å². The molecule has 1 heteroatoms. The molecule has 0 N–H and O–H groups in total. The van der Waals surface area contributed by atoms with Gasteiger partial charge in [-0.3, -0.25) is 0 Å². The van der Waals surface area contributed by atoms with Gasteiger partial charge in [0.15, 0.2) is 0 Å². The van der Waals surface area contributed by atoms with Gasteiger partial charge in [-0.2, -0.15) is 0 Å². The molecule has 1 rings (SSSR count). The molecule has 13 heavy (non-hydrogen) atoms. The fourth-order valence-corrected chi connectivity index (χ4v) is 2.91. The van der Waals surface area contributed by atoms with Gasteiger partial charge in [-0.15, -0.1) is 0 Å². The fourth-order valence-electron chi connectivity index (χ4n) is 2.91. The molecular weight excluding hydrogens is 160 g/mol. The Labute approximate surface area is 81.9 Å². The minimum absolute atomic E-state index is 0.0202. The van der Waals surface area contributed by atoms with Gasteiger partial charge in [0.25, 0.3) is 0 Å². The highest BCUT2D eigenvalue weighted by molar-refractivity contribution is 5.59. The van der Waals surface area contributed by atoms with Crippen molar-refractivity contribution in [2.75, 3.05) is 0 Å². The van der Waals surface area contributed by atoms with Gasteiger partial charge in [-0.25, -0.2) is 0 Å². The smallest absolute Gasteiger partial charge is 0.126 e. The van der Waals surface area contributed by atoms with E-state index in [0.717, 1.165) is 12.3 Å². The Hall–Kier alpha value is -0.330. The Morgan fingerprint density at radius 3 is 2.77 bits per heavy atom. The first kappa shape index (κ1) is 10.7. The van der Waals surface area contributed by atoms with Crippen LogP contribution in [0.1, 0.15) is 52.9 Å². The molecule has 0 aromatic carbocycles. The second kappa shape index (κ2) is 4.26. The lowest BCUT2D eigenvalue weighted by Crippen LogP contribution is -2.37. The van der Waals surface area contributed by atoms with E-state index in [-0.39, 0.29) is 5.41 Å². The van der Waals surface area contributed by atoms with Crippen molar-refractivity contribution in [3.05, 3.63) is 0 Å². The van der Waals surface area contributed by atoms with Crippen molar-refractivity contribution >= 4 is 6.29 Å². The van der Waals surface area contributed by atoms with Crippen LogP contribution in [-0.4, -0.2) is 6.29 Å². The highest BCUT2D eigenvalue weighted by Gasteiger charge is 2.39. The van der Waals surface area contributed by atoms with Crippen LogP contribution in [0.4, 0.5) is 0 Å². The monoisotopic (exact) mass is 182 g/mol. The van der Waals surface area contributed by atoms with E-state index in [1.165, 1.54) is 32.0 Å². The fraction of sp³-hybridized carbons (Fsp3) is 0.917. The molecule has 1 aliphatic carbocycles. The minimum atomic E-state index is -0.0202. The van der Waals surface area contributed by atoms with Crippen molar-refractivity contribution < 1.29 is 4.79 Å². The third kappa shape index (κ3) is 2.12. The SMILES string of the molecule is CCCC1C(C)CCCC1(C)C=O. The number of carbonyl (C=O) groups excluding carboxylic acids is 1. The highest BCUT2D eigenvalue weighted by Crippen LogP contribution is 2.44. The summed E-state index contributed by atoms with van der Waals surface area (Å²) in [4.78, 5) is 11.1. The molecule has 1 fully saturated rings. The third-order valence-corrected chi connectivity index (χ3v) is 3.78. The van der Waals surface area contributed by atoms with E-state index in [1.807, 2.05) is 0 Å². The van der Waals surface area contributed by atoms with Crippen LogP contribution in [0.2, 0.25) is 0 Å². The summed E-state index contributed by atoms with van der Waals surface area (Å²) in [6.45, 7) is 6.67. The molecule has 0 radical (unpaired) electrons. The summed E-state index contributed by atoms with van der Waals surface area (Å²) in [7, 11) is 0. The first-order chi connectivity index (χ1) is 6.14. The zero-order valence-corrected chi connectivity index (χ0v) is 9.18. The van der Waals surface area contributed by atoms with Gasteiger partial charge < -0.3 is 4.79 Å². The molecule has 0 aromatic heterocycles. The van der Waals surface area contributed by atoms with E-state index in [1.54, 1.807) is 0 Å². The van der Waals surface area contributed by atoms with Crippen molar-refractivity contribution in [2.45, 2.75) is 52.9 Å². The van der Waals surface area contributed by atoms with Gasteiger partial charge in [-0.05, 0) is 24.7 Å². The summed E-state index contributed by atoms with van der Waals surface area (Å²) >= 11 is 0. The molecule has 3 atom stereocenters. The molecule has 1 aliphatic rings. The van der Waals surface area contributed by atoms with Crippen molar-refractivity contribution in [2.24, 2.45) is 17.3 Å². The van der Waals surface area contributed by atoms with Crippen molar-refractivity contribution in [3.63, 3.8) is 0 Å². The summed E-state index contributed by atoms with van der Waals surface area (Å²) in [6, 6.07) is 0. The highest BCUT2D eigenvalue weighted by atomic mass is 16.1. The Kier molecular flexibility index (Phi) is 3.52. The zero-order valence-electron chi connectivity index (χ0n) is 9.18. The second-order valence-electron chi connectivity index (χ2n) is 4.89. The van der Waals surface area contributed by atoms with Crippen LogP contribution >= 0.6 is 0 Å². The summed E-state index contributed by atoms with van der Waals surface area (Å²) in [5.41, 5.74) is -0.0202. The zero-order chi connectivity index (χ0) is 9.90. The number of carbonyl (C=O) groups is 1. The number of aldehydes is 1. The largest absolute Gasteiger partial charge is 0.303 e. The molecule has 0 amide bonds. The predicted molar refractivity (Wildman–Crippen MR) is 55.6 cm³/mol. The summed E-state index contributed by atoms with van der Waals surface area (Å²) < 4.78 is 0. The molecule has 0 bridgehead atoms. The van der Waals surface area contributed by atoms with Gasteiger partial charge in [0.05, 0.1) is 0 Å². The van der Waals surface area contributed by atoms with Crippen LogP contribution < -0.4 is 0 Å². The first-order valence-corrected chi connectivity index (χ1v) is 5.60. The maximum atomic E-state index is 11.1. The first-order valence-electron chi connectivity index (χ1n) is 5.60. The Morgan fingerprint density at radius 1 is 1.54 bits per heavy atom. The van der Waals surface area contributed by atoms with Gasteiger partial charge >= 0.3 is 0 Å². The molecule has 0 spiro atoms. The minimum Gasteiger partial charge on any atom is -0.303 e. The molecule has 0 saturated heterocycles. The van der Waals surface area contributed by atoms with Crippen LogP contribution in [0, 0.1) is 17.3 Å². The molecule has 1 nitrogen and oxygen atoms in total. The van der Waals surface area contributed by atoms with Gasteiger partial charge in [-0.1, -0.05) is 40.0 Å². The number of hydrogen-bond acceptors (Lipinski definition) is 1. The topological polar surface area (TPSA) is 17.1 Å². The van der Waals surface area contributed by atoms with Crippen molar-refractivity contribution in [3.8, 4) is 0 Å². The van der Waals surface area contributed by atoms with Gasteiger partial charge in [0.2, 0.25) is 0 Å². The molecule has 1 saturated carbocycles. The normalized spacial score (nSPS) is 40.2. The molecule has 0 aromatic rings. The number of hydrogen-bond donors (Lipinski definition) is 0. The van der Waals surface area contributed by atoms with Crippen LogP contribution in [0.5, 0.6) is 0 Å². The van der Waals surface area contributed by atoms with E-state index < -0.39 is 0 Å². The summed E-state index contributed by atoms with van der Waals surface area (Å²) in [5, 5.41) is 0. The Bertz CT molecular complexity index is 176. The van der Waals surface area contributed by atoms with Gasteiger partial charge in [0, 0.05) is 5.41 Å². The van der Waals surface area contributed by atoms with Crippen molar-refractivity contribution in [1.29, 1.82) is 0 Å². The quantitative estimate of drug-likeness (QED) is 0.611. The third-order valence-electron chi connectivity index (χ3n) is 3.78. The molecular formula is C12H22O. The molecule has 76 valence electrons. The lowest BCUT2D eigenvalue weighted by Gasteiger charge is -2.41. The van der Waals surface area contributed by atoms with Crippen LogP contribution in [0.15, 0.2) is 0 Å². The summed E-state index contributed by atoms with van der Waals surface area (Å²) in [6.07, 6.45) is 7.29. The number of rotatable bonds is 3. The van der Waals surface area contributed by atoms with E-state index in [2.05, 4.69) is 20.8 Å².